The molecule has 0 saturated heterocycles. The van der Waals surface area contributed by atoms with Crippen LogP contribution in [0.4, 0.5) is 0 Å². The summed E-state index contributed by atoms with van der Waals surface area (Å²) in [6, 6.07) is 0.980. The number of rotatable bonds is 9. The van der Waals surface area contributed by atoms with Crippen LogP contribution in [0.25, 0.3) is 0 Å². The Labute approximate surface area is 116 Å². The summed E-state index contributed by atoms with van der Waals surface area (Å²) in [5.41, 5.74) is 1.00. The lowest BCUT2D eigenvalue weighted by molar-refractivity contribution is -0.143. The van der Waals surface area contributed by atoms with Gasteiger partial charge in [0.05, 0.1) is 6.61 Å². The largest absolute Gasteiger partial charge is 0.481 e. The second-order valence-corrected chi connectivity index (χ2v) is 11.5. The summed E-state index contributed by atoms with van der Waals surface area (Å²) in [4.78, 5) is 22.0. The lowest BCUT2D eigenvalue weighted by atomic mass is 10.0. The summed E-state index contributed by atoms with van der Waals surface area (Å²) in [6.45, 7) is 9.10. The Morgan fingerprint density at radius 1 is 1.11 bits per heavy atom. The van der Waals surface area contributed by atoms with Gasteiger partial charge in [-0.3, -0.25) is 9.59 Å². The van der Waals surface area contributed by atoms with Crippen molar-refractivity contribution < 1.29 is 19.4 Å². The molecule has 0 saturated carbocycles. The van der Waals surface area contributed by atoms with Crippen LogP contribution in [0.2, 0.25) is 25.7 Å². The van der Waals surface area contributed by atoms with Gasteiger partial charge in [0.25, 0.3) is 0 Å². The molecule has 0 aliphatic heterocycles. The smallest absolute Gasteiger partial charge is 0.306 e. The fourth-order valence-corrected chi connectivity index (χ4v) is 2.20. The number of esters is 1. The van der Waals surface area contributed by atoms with E-state index >= 15 is 0 Å². The first-order valence-electron chi connectivity index (χ1n) is 6.76. The third-order valence-corrected chi connectivity index (χ3v) is 4.54. The van der Waals surface area contributed by atoms with Crippen LogP contribution in [0.15, 0.2) is 11.6 Å². The van der Waals surface area contributed by atoms with Gasteiger partial charge in [0.15, 0.2) is 0 Å². The number of carboxylic acid groups (broad SMARTS) is 1. The summed E-state index contributed by atoms with van der Waals surface area (Å²) < 4.78 is 5.19. The van der Waals surface area contributed by atoms with Crippen molar-refractivity contribution in [3.63, 3.8) is 0 Å². The molecule has 0 spiro atoms. The van der Waals surface area contributed by atoms with Crippen molar-refractivity contribution >= 4 is 20.0 Å². The molecule has 0 unspecified atom stereocenters. The molecule has 0 heterocycles. The van der Waals surface area contributed by atoms with E-state index in [9.17, 15) is 9.59 Å². The van der Waals surface area contributed by atoms with Crippen LogP contribution in [-0.2, 0) is 14.3 Å². The van der Waals surface area contributed by atoms with Gasteiger partial charge in [0, 0.05) is 20.9 Å². The molecular weight excluding hydrogens is 260 g/mol. The number of hydrogen-bond acceptors (Lipinski definition) is 3. The van der Waals surface area contributed by atoms with E-state index in [2.05, 4.69) is 19.6 Å². The highest BCUT2D eigenvalue weighted by Gasteiger charge is 2.14. The summed E-state index contributed by atoms with van der Waals surface area (Å²) in [5.74, 6) is -0.995. The first kappa shape index (κ1) is 17.9. The van der Waals surface area contributed by atoms with Gasteiger partial charge in [0.2, 0.25) is 0 Å². The van der Waals surface area contributed by atoms with Crippen molar-refractivity contribution in [1.82, 2.24) is 0 Å². The molecule has 0 amide bonds. The monoisotopic (exact) mass is 286 g/mol. The minimum absolute atomic E-state index is 0.115. The Morgan fingerprint density at radius 2 is 1.68 bits per heavy atom. The molecule has 0 bridgehead atoms. The normalized spacial score (nSPS) is 12.3. The topological polar surface area (TPSA) is 63.6 Å². The van der Waals surface area contributed by atoms with E-state index in [4.69, 9.17) is 9.84 Å². The number of allylic oxidation sites excluding steroid dienone is 2. The molecular formula is C14H26O4Si. The Kier molecular flexibility index (Phi) is 8.39. The zero-order valence-corrected chi connectivity index (χ0v) is 13.5. The molecule has 0 aromatic carbocycles. The molecule has 0 aliphatic rings. The first-order valence-corrected chi connectivity index (χ1v) is 10.5. The molecule has 0 fully saturated rings. The summed E-state index contributed by atoms with van der Waals surface area (Å²) in [5, 5.41) is 8.61. The number of carboxylic acids is 1. The van der Waals surface area contributed by atoms with Gasteiger partial charge >= 0.3 is 11.9 Å². The fraction of sp³-hybridized carbons (Fsp3) is 0.714. The second-order valence-electron chi connectivity index (χ2n) is 5.87. The Hall–Kier alpha value is -1.10. The summed E-state index contributed by atoms with van der Waals surface area (Å²) >= 11 is 0. The molecule has 0 rings (SSSR count). The minimum Gasteiger partial charge on any atom is -0.481 e. The predicted octanol–water partition coefficient (Wildman–Crippen LogP) is 3.46. The number of aliphatic carboxylic acids is 1. The number of ether oxygens (including phenoxy) is 1. The maximum Gasteiger partial charge on any atom is 0.306 e. The third-order valence-electron chi connectivity index (χ3n) is 2.83. The van der Waals surface area contributed by atoms with Crippen molar-refractivity contribution in [2.45, 2.75) is 58.3 Å². The average Bonchev–Trinajstić information content (AvgIpc) is 2.27. The van der Waals surface area contributed by atoms with Crippen molar-refractivity contribution in [3.8, 4) is 0 Å². The zero-order chi connectivity index (χ0) is 14.9. The average molecular weight is 286 g/mol. The third kappa shape index (κ3) is 11.7. The maximum absolute atomic E-state index is 11.5. The van der Waals surface area contributed by atoms with E-state index in [-0.39, 0.29) is 12.4 Å². The second kappa shape index (κ2) is 8.91. The molecule has 5 heteroatoms. The molecule has 0 atom stereocenters. The van der Waals surface area contributed by atoms with Crippen LogP contribution in [0.5, 0.6) is 0 Å². The number of carbonyl (C=O) groups is 2. The van der Waals surface area contributed by atoms with Crippen LogP contribution in [0.3, 0.4) is 0 Å². The summed E-state index contributed by atoms with van der Waals surface area (Å²) in [7, 11) is -1.15. The minimum atomic E-state index is -1.15. The highest BCUT2D eigenvalue weighted by atomic mass is 28.3. The van der Waals surface area contributed by atoms with E-state index in [1.807, 2.05) is 13.0 Å². The van der Waals surface area contributed by atoms with Crippen LogP contribution in [0.1, 0.15) is 32.6 Å². The molecule has 110 valence electrons. The molecule has 4 nitrogen and oxygen atoms in total. The Balaban J connectivity index is 3.85. The zero-order valence-electron chi connectivity index (χ0n) is 12.5. The predicted molar refractivity (Wildman–Crippen MR) is 79.0 cm³/mol. The Bertz CT molecular complexity index is 329. The van der Waals surface area contributed by atoms with Gasteiger partial charge in [-0.25, -0.2) is 0 Å². The fourth-order valence-electron chi connectivity index (χ4n) is 1.49. The molecule has 0 aromatic rings. The standard InChI is InChI=1S/C14H26O4Si/c1-5-12(6-8-13(15)16)7-9-14(17)18-10-11-19(2,3)4/h5H,6-11H2,1-4H3,(H,15,16)/b12-5-. The van der Waals surface area contributed by atoms with Crippen molar-refractivity contribution in [1.29, 1.82) is 0 Å². The SMILES string of the molecule is C/C=C(/CCC(=O)O)CCC(=O)OCC[Si](C)(C)C. The molecule has 19 heavy (non-hydrogen) atoms. The lowest BCUT2D eigenvalue weighted by Gasteiger charge is -2.15. The van der Waals surface area contributed by atoms with E-state index in [0.717, 1.165) is 11.6 Å². The molecule has 1 N–H and O–H groups in total. The van der Waals surface area contributed by atoms with Crippen molar-refractivity contribution in [2.24, 2.45) is 0 Å². The number of carbonyl (C=O) groups excluding carboxylic acids is 1. The van der Waals surface area contributed by atoms with Gasteiger partial charge < -0.3 is 9.84 Å². The lowest BCUT2D eigenvalue weighted by Crippen LogP contribution is -2.22. The van der Waals surface area contributed by atoms with Gasteiger partial charge in [-0.15, -0.1) is 0 Å². The van der Waals surface area contributed by atoms with E-state index in [0.29, 0.717) is 25.9 Å². The van der Waals surface area contributed by atoms with E-state index in [1.165, 1.54) is 0 Å². The van der Waals surface area contributed by atoms with Gasteiger partial charge in [-0.1, -0.05) is 31.3 Å². The van der Waals surface area contributed by atoms with Crippen LogP contribution in [-0.4, -0.2) is 31.7 Å². The molecule has 0 aliphatic carbocycles. The number of hydrogen-bond donors (Lipinski definition) is 1. The van der Waals surface area contributed by atoms with Crippen LogP contribution < -0.4 is 0 Å². The van der Waals surface area contributed by atoms with Gasteiger partial charge in [-0.2, -0.15) is 0 Å². The summed E-state index contributed by atoms with van der Waals surface area (Å²) in [6.07, 6.45) is 3.44. The van der Waals surface area contributed by atoms with E-state index < -0.39 is 14.0 Å². The Morgan fingerprint density at radius 3 is 2.16 bits per heavy atom. The molecule has 0 aromatic heterocycles. The van der Waals surface area contributed by atoms with Crippen LogP contribution in [0, 0.1) is 0 Å². The van der Waals surface area contributed by atoms with E-state index in [1.54, 1.807) is 0 Å². The highest BCUT2D eigenvalue weighted by Crippen LogP contribution is 2.13. The first-order chi connectivity index (χ1) is 8.74. The van der Waals surface area contributed by atoms with Crippen LogP contribution >= 0.6 is 0 Å². The highest BCUT2D eigenvalue weighted by molar-refractivity contribution is 6.76. The molecule has 0 radical (unpaired) electrons. The van der Waals surface area contributed by atoms with Crippen molar-refractivity contribution in [3.05, 3.63) is 11.6 Å². The quantitative estimate of drug-likeness (QED) is 0.400. The maximum atomic E-state index is 11.5. The van der Waals surface area contributed by atoms with Gasteiger partial charge in [-0.05, 0) is 25.8 Å². The van der Waals surface area contributed by atoms with Gasteiger partial charge in [0.1, 0.15) is 0 Å². The van der Waals surface area contributed by atoms with Crippen molar-refractivity contribution in [2.75, 3.05) is 6.61 Å².